The Balaban J connectivity index is 2.78. The number of nitrogens with one attached hydrogen (secondary N) is 2. The van der Waals surface area contributed by atoms with Crippen LogP contribution in [-0.2, 0) is 4.79 Å². The number of hydrogen-bond donors (Lipinski definition) is 3. The normalized spacial score (nSPS) is 11.8. The summed E-state index contributed by atoms with van der Waals surface area (Å²) in [6.45, 7) is 3.75. The zero-order chi connectivity index (χ0) is 16.0. The fourth-order valence-corrected chi connectivity index (χ4v) is 1.73. The first-order chi connectivity index (χ1) is 9.85. The van der Waals surface area contributed by atoms with Crippen molar-refractivity contribution in [1.82, 2.24) is 15.6 Å². The Morgan fingerprint density at radius 1 is 1.24 bits per heavy atom. The summed E-state index contributed by atoms with van der Waals surface area (Å²) in [7, 11) is 1.48. The Kier molecular flexibility index (Phi) is 5.83. The van der Waals surface area contributed by atoms with E-state index >= 15 is 0 Å². The Hall–Kier alpha value is -2.44. The molecular formula is C14H19N3O4. The molecule has 0 unspecified atom stereocenters. The van der Waals surface area contributed by atoms with Gasteiger partial charge < -0.3 is 15.7 Å². The second-order valence-electron chi connectivity index (χ2n) is 5.01. The number of nitrogens with zero attached hydrogens (tertiary/aromatic N) is 1. The van der Waals surface area contributed by atoms with E-state index in [-0.39, 0.29) is 23.1 Å². The summed E-state index contributed by atoms with van der Waals surface area (Å²) in [6, 6.07) is 1.89. The van der Waals surface area contributed by atoms with E-state index in [1.807, 2.05) is 13.8 Å². The third kappa shape index (κ3) is 4.87. The van der Waals surface area contributed by atoms with Crippen molar-refractivity contribution >= 4 is 17.8 Å². The smallest absolute Gasteiger partial charge is 0.326 e. The standard InChI is InChI=1S/C14H19N3O4/c1-8(2)6-11(14(20)21)17-12(18)9-4-5-10(16-7-9)13(19)15-3/h4-5,7-8,11H,6H2,1-3H3,(H,15,19)(H,17,18)(H,20,21)/t11-/m0/s1. The third-order valence-electron chi connectivity index (χ3n) is 2.80. The number of carboxylic acid groups (broad SMARTS) is 1. The number of aromatic nitrogens is 1. The van der Waals surface area contributed by atoms with Gasteiger partial charge >= 0.3 is 5.97 Å². The molecule has 1 aromatic heterocycles. The van der Waals surface area contributed by atoms with Crippen molar-refractivity contribution in [2.45, 2.75) is 26.3 Å². The number of aliphatic carboxylic acids is 1. The fourth-order valence-electron chi connectivity index (χ4n) is 1.73. The average Bonchev–Trinajstić information content (AvgIpc) is 2.45. The van der Waals surface area contributed by atoms with Crippen LogP contribution in [0.5, 0.6) is 0 Å². The fraction of sp³-hybridized carbons (Fsp3) is 0.429. The van der Waals surface area contributed by atoms with Crippen molar-refractivity contribution in [2.24, 2.45) is 5.92 Å². The largest absolute Gasteiger partial charge is 0.480 e. The number of rotatable bonds is 6. The maximum atomic E-state index is 12.0. The van der Waals surface area contributed by atoms with Crippen molar-refractivity contribution < 1.29 is 19.5 Å². The molecule has 0 aliphatic carbocycles. The lowest BCUT2D eigenvalue weighted by molar-refractivity contribution is -0.139. The molecule has 0 saturated heterocycles. The van der Waals surface area contributed by atoms with E-state index in [2.05, 4.69) is 15.6 Å². The number of carboxylic acids is 1. The van der Waals surface area contributed by atoms with Crippen molar-refractivity contribution in [2.75, 3.05) is 7.05 Å². The number of carbonyl (C=O) groups excluding carboxylic acids is 2. The van der Waals surface area contributed by atoms with E-state index in [1.165, 1.54) is 25.4 Å². The minimum absolute atomic E-state index is 0.139. The van der Waals surface area contributed by atoms with E-state index < -0.39 is 17.9 Å². The molecule has 0 saturated carbocycles. The molecule has 7 heteroatoms. The highest BCUT2D eigenvalue weighted by Crippen LogP contribution is 2.07. The Labute approximate surface area is 122 Å². The summed E-state index contributed by atoms with van der Waals surface area (Å²) in [5.74, 6) is -1.82. The summed E-state index contributed by atoms with van der Waals surface area (Å²) in [5.41, 5.74) is 0.392. The van der Waals surface area contributed by atoms with Gasteiger partial charge in [0.05, 0.1) is 5.56 Å². The molecule has 21 heavy (non-hydrogen) atoms. The molecular weight excluding hydrogens is 274 g/mol. The molecule has 114 valence electrons. The molecule has 0 radical (unpaired) electrons. The van der Waals surface area contributed by atoms with Crippen molar-refractivity contribution in [3.05, 3.63) is 29.6 Å². The molecule has 0 bridgehead atoms. The molecule has 0 aromatic carbocycles. The minimum atomic E-state index is -1.08. The van der Waals surface area contributed by atoms with Crippen LogP contribution < -0.4 is 10.6 Å². The van der Waals surface area contributed by atoms with Crippen molar-refractivity contribution in [1.29, 1.82) is 0 Å². The van der Waals surface area contributed by atoms with Gasteiger partial charge in [0, 0.05) is 13.2 Å². The summed E-state index contributed by atoms with van der Waals surface area (Å²) < 4.78 is 0. The summed E-state index contributed by atoms with van der Waals surface area (Å²) in [4.78, 5) is 38.3. The number of pyridine rings is 1. The molecule has 1 rings (SSSR count). The van der Waals surface area contributed by atoms with E-state index in [4.69, 9.17) is 5.11 Å². The number of amides is 2. The summed E-state index contributed by atoms with van der Waals surface area (Å²) >= 11 is 0. The van der Waals surface area contributed by atoms with Gasteiger partial charge in [0.1, 0.15) is 11.7 Å². The highest BCUT2D eigenvalue weighted by atomic mass is 16.4. The van der Waals surface area contributed by atoms with Gasteiger partial charge in [0.15, 0.2) is 0 Å². The number of carbonyl (C=O) groups is 3. The average molecular weight is 293 g/mol. The Morgan fingerprint density at radius 3 is 2.33 bits per heavy atom. The molecule has 1 aromatic rings. The number of hydrogen-bond acceptors (Lipinski definition) is 4. The monoisotopic (exact) mass is 293 g/mol. The zero-order valence-corrected chi connectivity index (χ0v) is 12.2. The topological polar surface area (TPSA) is 108 Å². The van der Waals surface area contributed by atoms with E-state index in [0.717, 1.165) is 0 Å². The Morgan fingerprint density at radius 2 is 1.90 bits per heavy atom. The lowest BCUT2D eigenvalue weighted by atomic mass is 10.0. The first kappa shape index (κ1) is 16.6. The molecule has 7 nitrogen and oxygen atoms in total. The lowest BCUT2D eigenvalue weighted by Gasteiger charge is -2.16. The van der Waals surface area contributed by atoms with E-state index in [0.29, 0.717) is 6.42 Å². The maximum Gasteiger partial charge on any atom is 0.326 e. The van der Waals surface area contributed by atoms with Gasteiger partial charge in [-0.1, -0.05) is 13.8 Å². The van der Waals surface area contributed by atoms with Gasteiger partial charge in [-0.15, -0.1) is 0 Å². The summed E-state index contributed by atoms with van der Waals surface area (Å²) in [6.07, 6.45) is 1.58. The first-order valence-electron chi connectivity index (χ1n) is 6.57. The van der Waals surface area contributed by atoms with Crippen LogP contribution in [-0.4, -0.2) is 41.0 Å². The van der Waals surface area contributed by atoms with Crippen LogP contribution in [0.25, 0.3) is 0 Å². The molecule has 3 N–H and O–H groups in total. The van der Waals surface area contributed by atoms with Gasteiger partial charge in [0.2, 0.25) is 0 Å². The molecule has 1 heterocycles. The Bertz CT molecular complexity index is 526. The second kappa shape index (κ2) is 7.37. The van der Waals surface area contributed by atoms with Crippen LogP contribution >= 0.6 is 0 Å². The van der Waals surface area contributed by atoms with Gasteiger partial charge in [-0.05, 0) is 24.5 Å². The highest BCUT2D eigenvalue weighted by Gasteiger charge is 2.22. The van der Waals surface area contributed by atoms with Crippen LogP contribution in [0.3, 0.4) is 0 Å². The van der Waals surface area contributed by atoms with Gasteiger partial charge in [-0.3, -0.25) is 14.6 Å². The minimum Gasteiger partial charge on any atom is -0.480 e. The SMILES string of the molecule is CNC(=O)c1ccc(C(=O)N[C@@H](CC(C)C)C(=O)O)cn1. The van der Waals surface area contributed by atoms with Crippen LogP contribution in [0.2, 0.25) is 0 Å². The molecule has 0 aliphatic rings. The molecule has 0 spiro atoms. The van der Waals surface area contributed by atoms with E-state index in [9.17, 15) is 14.4 Å². The van der Waals surface area contributed by atoms with Crippen molar-refractivity contribution in [3.63, 3.8) is 0 Å². The first-order valence-corrected chi connectivity index (χ1v) is 6.57. The van der Waals surface area contributed by atoms with Crippen LogP contribution in [0.1, 0.15) is 41.1 Å². The predicted octanol–water partition coefficient (Wildman–Crippen LogP) is 0.670. The van der Waals surface area contributed by atoms with Crippen LogP contribution in [0.4, 0.5) is 0 Å². The quantitative estimate of drug-likeness (QED) is 0.714. The summed E-state index contributed by atoms with van der Waals surface area (Å²) in [5, 5.41) is 14.0. The second-order valence-corrected chi connectivity index (χ2v) is 5.01. The van der Waals surface area contributed by atoms with Crippen LogP contribution in [0, 0.1) is 5.92 Å². The zero-order valence-electron chi connectivity index (χ0n) is 12.2. The third-order valence-corrected chi connectivity index (χ3v) is 2.80. The predicted molar refractivity (Wildman–Crippen MR) is 76.0 cm³/mol. The highest BCUT2D eigenvalue weighted by molar-refractivity contribution is 5.97. The van der Waals surface area contributed by atoms with Crippen LogP contribution in [0.15, 0.2) is 18.3 Å². The maximum absolute atomic E-state index is 12.0. The molecule has 1 atom stereocenters. The van der Waals surface area contributed by atoms with E-state index in [1.54, 1.807) is 0 Å². The molecule has 0 fully saturated rings. The molecule has 2 amide bonds. The van der Waals surface area contributed by atoms with Crippen molar-refractivity contribution in [3.8, 4) is 0 Å². The van der Waals surface area contributed by atoms with Gasteiger partial charge in [-0.2, -0.15) is 0 Å². The lowest BCUT2D eigenvalue weighted by Crippen LogP contribution is -2.41. The van der Waals surface area contributed by atoms with Gasteiger partial charge in [0.25, 0.3) is 11.8 Å². The van der Waals surface area contributed by atoms with Gasteiger partial charge in [-0.25, -0.2) is 4.79 Å². The molecule has 0 aliphatic heterocycles.